The summed E-state index contributed by atoms with van der Waals surface area (Å²) in [5.74, 6) is -1.45. The lowest BCUT2D eigenvalue weighted by atomic mass is 10.1. The standard InChI is InChI=1S/C20H24Cl2N6O6S/c21-13-5-3-6-14(22)17(13)35(32,33)28-16(19(30)31)11-26-18(29)15-10-12(34-27-15)4-1-2-7-23-20-24-8-9-25-20/h3,5-6,8-9,12,16,28H,1-2,4,7,10-11H2,(H,26,29)(H,30,31)(H2,23,24,25)/t12?,16-/m0/s1. The molecule has 0 spiro atoms. The Hall–Kier alpha value is -2.87. The van der Waals surface area contributed by atoms with E-state index in [9.17, 15) is 23.1 Å². The second-order valence-electron chi connectivity index (χ2n) is 7.60. The second-order valence-corrected chi connectivity index (χ2v) is 10.1. The second kappa shape index (κ2) is 12.2. The van der Waals surface area contributed by atoms with Gasteiger partial charge in [0.05, 0.1) is 10.0 Å². The summed E-state index contributed by atoms with van der Waals surface area (Å²) in [5.41, 5.74) is 0.102. The number of nitrogens with one attached hydrogen (secondary N) is 4. The minimum absolute atomic E-state index is 0.102. The van der Waals surface area contributed by atoms with Crippen LogP contribution in [0.15, 0.2) is 40.6 Å². The molecule has 0 bridgehead atoms. The minimum Gasteiger partial charge on any atom is -0.480 e. The third-order valence-corrected chi connectivity index (χ3v) is 7.41. The number of aliphatic carboxylic acids is 1. The Morgan fingerprint density at radius 1 is 1.26 bits per heavy atom. The van der Waals surface area contributed by atoms with Gasteiger partial charge in [-0.25, -0.2) is 13.4 Å². The van der Waals surface area contributed by atoms with E-state index in [2.05, 4.69) is 25.8 Å². The average molecular weight is 547 g/mol. The van der Waals surface area contributed by atoms with Gasteiger partial charge in [-0.2, -0.15) is 4.72 Å². The molecule has 3 rings (SSSR count). The Morgan fingerprint density at radius 3 is 2.66 bits per heavy atom. The van der Waals surface area contributed by atoms with Gasteiger partial charge in [0.25, 0.3) is 5.91 Å². The van der Waals surface area contributed by atoms with Crippen LogP contribution in [-0.4, -0.2) is 66.3 Å². The number of imidazole rings is 1. The van der Waals surface area contributed by atoms with Gasteiger partial charge in [0.2, 0.25) is 10.0 Å². The lowest BCUT2D eigenvalue weighted by Gasteiger charge is -2.16. The minimum atomic E-state index is -4.38. The number of oxime groups is 1. The smallest absolute Gasteiger partial charge is 0.323 e. The molecule has 1 aliphatic rings. The molecule has 1 unspecified atom stereocenters. The Balaban J connectivity index is 1.44. The summed E-state index contributed by atoms with van der Waals surface area (Å²) in [6.45, 7) is 0.192. The van der Waals surface area contributed by atoms with Crippen molar-refractivity contribution in [1.82, 2.24) is 20.0 Å². The molecule has 1 aliphatic heterocycles. The van der Waals surface area contributed by atoms with E-state index in [4.69, 9.17) is 28.0 Å². The lowest BCUT2D eigenvalue weighted by molar-refractivity contribution is -0.138. The van der Waals surface area contributed by atoms with Crippen LogP contribution < -0.4 is 15.4 Å². The number of hydrogen-bond acceptors (Lipinski definition) is 8. The molecule has 12 nitrogen and oxygen atoms in total. The summed E-state index contributed by atoms with van der Waals surface area (Å²) in [6.07, 6.45) is 5.73. The van der Waals surface area contributed by atoms with Crippen LogP contribution in [0.4, 0.5) is 5.95 Å². The normalized spacial score (nSPS) is 16.3. The van der Waals surface area contributed by atoms with Crippen LogP contribution in [0, 0.1) is 0 Å². The summed E-state index contributed by atoms with van der Waals surface area (Å²) in [5, 5.41) is 18.4. The van der Waals surface area contributed by atoms with Gasteiger partial charge in [-0.15, -0.1) is 0 Å². The first kappa shape index (κ1) is 26.7. The number of carbonyl (C=O) groups is 2. The molecule has 0 saturated heterocycles. The SMILES string of the molecule is O=C(NC[C@H](NS(=O)(=O)c1c(Cl)cccc1Cl)C(=O)O)C1=NOC(CCCCNc2ncc[nH]2)C1. The van der Waals surface area contributed by atoms with Crippen LogP contribution in [0.3, 0.4) is 0 Å². The number of carbonyl (C=O) groups excluding carboxylic acids is 1. The Morgan fingerprint density at radius 2 is 2.00 bits per heavy atom. The number of unbranched alkanes of at least 4 members (excludes halogenated alkanes) is 1. The quantitative estimate of drug-likeness (QED) is 0.237. The van der Waals surface area contributed by atoms with Crippen molar-refractivity contribution in [3.8, 4) is 0 Å². The molecule has 0 aliphatic carbocycles. The highest BCUT2D eigenvalue weighted by molar-refractivity contribution is 7.89. The highest BCUT2D eigenvalue weighted by Crippen LogP contribution is 2.28. The first-order valence-corrected chi connectivity index (χ1v) is 12.8. The molecule has 0 radical (unpaired) electrons. The maximum atomic E-state index is 12.6. The number of rotatable bonds is 13. The van der Waals surface area contributed by atoms with E-state index in [0.717, 1.165) is 19.4 Å². The maximum Gasteiger partial charge on any atom is 0.323 e. The Labute approximate surface area is 211 Å². The van der Waals surface area contributed by atoms with E-state index in [1.165, 1.54) is 18.2 Å². The molecule has 35 heavy (non-hydrogen) atoms. The van der Waals surface area contributed by atoms with Crippen LogP contribution in [0.5, 0.6) is 0 Å². The number of carboxylic acids is 1. The fourth-order valence-corrected chi connectivity index (χ4v) is 5.58. The number of halogens is 2. The van der Waals surface area contributed by atoms with E-state index in [1.54, 1.807) is 12.4 Å². The molecule has 0 saturated carbocycles. The molecule has 15 heteroatoms. The predicted octanol–water partition coefficient (Wildman–Crippen LogP) is 1.99. The van der Waals surface area contributed by atoms with Gasteiger partial charge < -0.3 is 25.6 Å². The van der Waals surface area contributed by atoms with E-state index < -0.39 is 39.4 Å². The number of H-pyrrole nitrogens is 1. The fraction of sp³-hybridized carbons (Fsp3) is 0.400. The molecule has 1 aromatic carbocycles. The Kier molecular flexibility index (Phi) is 9.32. The van der Waals surface area contributed by atoms with Crippen molar-refractivity contribution >= 4 is 56.8 Å². The van der Waals surface area contributed by atoms with Crippen LogP contribution >= 0.6 is 23.2 Å². The molecule has 2 heterocycles. The maximum absolute atomic E-state index is 12.6. The van der Waals surface area contributed by atoms with E-state index >= 15 is 0 Å². The number of anilines is 1. The van der Waals surface area contributed by atoms with Crippen molar-refractivity contribution < 1.29 is 28.0 Å². The van der Waals surface area contributed by atoms with Gasteiger partial charge >= 0.3 is 5.97 Å². The largest absolute Gasteiger partial charge is 0.480 e. The number of benzene rings is 1. The number of amides is 1. The summed E-state index contributed by atoms with van der Waals surface area (Å²) in [4.78, 5) is 35.9. The predicted molar refractivity (Wildman–Crippen MR) is 129 cm³/mol. The zero-order valence-corrected chi connectivity index (χ0v) is 20.7. The monoisotopic (exact) mass is 546 g/mol. The molecule has 1 amide bonds. The van der Waals surface area contributed by atoms with Crippen molar-refractivity contribution in [1.29, 1.82) is 0 Å². The van der Waals surface area contributed by atoms with Crippen molar-refractivity contribution in [2.24, 2.45) is 5.16 Å². The average Bonchev–Trinajstić information content (AvgIpc) is 3.48. The molecular weight excluding hydrogens is 523 g/mol. The third-order valence-electron chi connectivity index (χ3n) is 4.99. The van der Waals surface area contributed by atoms with Crippen molar-refractivity contribution in [2.45, 2.75) is 42.7 Å². The summed E-state index contributed by atoms with van der Waals surface area (Å²) in [7, 11) is -4.38. The van der Waals surface area contributed by atoms with Gasteiger partial charge in [0, 0.05) is 31.9 Å². The van der Waals surface area contributed by atoms with Gasteiger partial charge in [-0.3, -0.25) is 9.59 Å². The fourth-order valence-electron chi connectivity index (χ4n) is 3.24. The number of nitrogens with zero attached hydrogens (tertiary/aromatic N) is 2. The molecule has 1 aromatic heterocycles. The molecular formula is C20H24Cl2N6O6S. The van der Waals surface area contributed by atoms with Gasteiger partial charge in [-0.05, 0) is 31.4 Å². The topological polar surface area (TPSA) is 175 Å². The Bertz CT molecular complexity index is 1150. The van der Waals surface area contributed by atoms with Crippen LogP contribution in [0.25, 0.3) is 0 Å². The van der Waals surface area contributed by atoms with Crippen LogP contribution in [0.2, 0.25) is 10.0 Å². The summed E-state index contributed by atoms with van der Waals surface area (Å²) in [6, 6.07) is 2.40. The van der Waals surface area contributed by atoms with Gasteiger partial charge in [0.15, 0.2) is 5.95 Å². The van der Waals surface area contributed by atoms with E-state index in [0.29, 0.717) is 12.4 Å². The van der Waals surface area contributed by atoms with E-state index in [-0.39, 0.29) is 28.3 Å². The number of hydrogen-bond donors (Lipinski definition) is 5. The highest BCUT2D eigenvalue weighted by atomic mass is 35.5. The lowest BCUT2D eigenvalue weighted by Crippen LogP contribution is -2.49. The molecule has 190 valence electrons. The van der Waals surface area contributed by atoms with Crippen molar-refractivity contribution in [2.75, 3.05) is 18.4 Å². The summed E-state index contributed by atoms with van der Waals surface area (Å²) < 4.78 is 27.3. The highest BCUT2D eigenvalue weighted by Gasteiger charge is 2.31. The van der Waals surface area contributed by atoms with Gasteiger partial charge in [0.1, 0.15) is 22.8 Å². The number of aromatic amines is 1. The molecule has 2 atom stereocenters. The van der Waals surface area contributed by atoms with Gasteiger partial charge in [-0.1, -0.05) is 34.4 Å². The zero-order valence-electron chi connectivity index (χ0n) is 18.3. The first-order valence-electron chi connectivity index (χ1n) is 10.6. The summed E-state index contributed by atoms with van der Waals surface area (Å²) >= 11 is 11.8. The van der Waals surface area contributed by atoms with Crippen LogP contribution in [0.1, 0.15) is 25.7 Å². The number of aromatic nitrogens is 2. The number of carboxylic acid groups (broad SMARTS) is 1. The van der Waals surface area contributed by atoms with Crippen LogP contribution in [-0.2, 0) is 24.4 Å². The zero-order chi connectivity index (χ0) is 25.4. The third kappa shape index (κ3) is 7.56. The first-order chi connectivity index (χ1) is 16.7. The molecule has 5 N–H and O–H groups in total. The van der Waals surface area contributed by atoms with E-state index in [1.807, 2.05) is 4.72 Å². The molecule has 2 aromatic rings. The molecule has 0 fully saturated rings. The number of sulfonamides is 1. The van der Waals surface area contributed by atoms with Crippen molar-refractivity contribution in [3.63, 3.8) is 0 Å². The van der Waals surface area contributed by atoms with Crippen molar-refractivity contribution in [3.05, 3.63) is 40.6 Å².